The fourth-order valence-corrected chi connectivity index (χ4v) is 5.72. The number of halogens is 2. The molecule has 14 heteroatoms. The molecule has 2 rings (SSSR count). The molecule has 1 aliphatic carbocycles. The van der Waals surface area contributed by atoms with Gasteiger partial charge in [0, 0.05) is 53.7 Å². The van der Waals surface area contributed by atoms with Gasteiger partial charge in [-0.1, -0.05) is 53.8 Å². The Hall–Kier alpha value is -2.56. The van der Waals surface area contributed by atoms with Crippen LogP contribution in [-0.4, -0.2) is 95.4 Å². The molecule has 2 amide bonds. The number of nitrogens with one attached hydrogen (secondary N) is 2. The van der Waals surface area contributed by atoms with Crippen molar-refractivity contribution in [2.24, 2.45) is 11.7 Å². The number of hydrogen-bond donors (Lipinski definition) is 5. The van der Waals surface area contributed by atoms with Crippen LogP contribution in [-0.2, 0) is 28.6 Å². The third-order valence-electron chi connectivity index (χ3n) is 6.97. The van der Waals surface area contributed by atoms with Gasteiger partial charge in [-0.15, -0.1) is 11.6 Å². The van der Waals surface area contributed by atoms with Crippen LogP contribution in [0.3, 0.4) is 0 Å². The van der Waals surface area contributed by atoms with Gasteiger partial charge in [0.25, 0.3) is 5.91 Å². The number of allylic oxidation sites excluding steroid dienone is 4. The van der Waals surface area contributed by atoms with Gasteiger partial charge < -0.3 is 40.8 Å². The lowest BCUT2D eigenvalue weighted by Crippen LogP contribution is -2.39. The van der Waals surface area contributed by atoms with Crippen molar-refractivity contribution in [3.63, 3.8) is 0 Å². The van der Waals surface area contributed by atoms with E-state index in [0.29, 0.717) is 0 Å². The molecule has 0 fully saturated rings. The highest BCUT2D eigenvalue weighted by Gasteiger charge is 2.34. The Balaban J connectivity index is 2.65. The zero-order valence-corrected chi connectivity index (χ0v) is 27.4. The van der Waals surface area contributed by atoms with Gasteiger partial charge >= 0.3 is 6.09 Å². The van der Waals surface area contributed by atoms with Crippen LogP contribution in [0, 0.1) is 5.92 Å². The third kappa shape index (κ3) is 10.3. The number of primary amides is 1. The predicted octanol–water partition coefficient (Wildman–Crippen LogP) is 1.73. The summed E-state index contributed by atoms with van der Waals surface area (Å²) < 4.78 is 16.1. The van der Waals surface area contributed by atoms with Gasteiger partial charge in [-0.3, -0.25) is 14.4 Å². The fraction of sp³-hybridized carbons (Fsp3) is 0.517. The van der Waals surface area contributed by atoms with Crippen molar-refractivity contribution in [3.8, 4) is 0 Å². The van der Waals surface area contributed by atoms with E-state index in [4.69, 9.17) is 31.5 Å². The van der Waals surface area contributed by atoms with Crippen LogP contribution in [0.2, 0.25) is 0 Å². The number of amides is 2. The number of rotatable bonds is 7. The molecular weight excluding hydrogens is 697 g/mol. The van der Waals surface area contributed by atoms with Crippen molar-refractivity contribution in [3.05, 3.63) is 58.5 Å². The zero-order chi connectivity index (χ0) is 32.3. The first-order valence-electron chi connectivity index (χ1n) is 13.5. The van der Waals surface area contributed by atoms with E-state index >= 15 is 0 Å². The number of aliphatic hydroxyl groups excluding tert-OH is 2. The maximum atomic E-state index is 13.5. The van der Waals surface area contributed by atoms with Gasteiger partial charge in [-0.05, 0) is 25.3 Å². The van der Waals surface area contributed by atoms with Crippen LogP contribution in [0.5, 0.6) is 0 Å². The number of fused-ring (bicyclic) bond motifs is 2. The van der Waals surface area contributed by atoms with Gasteiger partial charge in [0.05, 0.1) is 30.2 Å². The Morgan fingerprint density at radius 3 is 2.53 bits per heavy atom. The molecule has 6 N–H and O–H groups in total. The molecule has 0 aromatic rings. The highest BCUT2D eigenvalue weighted by Crippen LogP contribution is 2.29. The van der Waals surface area contributed by atoms with Gasteiger partial charge in [-0.2, -0.15) is 0 Å². The number of carbonyl (C=O) groups excluding carboxylic acids is 4. The number of hydrogen-bond acceptors (Lipinski definition) is 10. The van der Waals surface area contributed by atoms with Crippen LogP contribution in [0.4, 0.5) is 4.79 Å². The lowest BCUT2D eigenvalue weighted by molar-refractivity contribution is -0.120. The Bertz CT molecular complexity index is 1210. The van der Waals surface area contributed by atoms with Gasteiger partial charge in [0.15, 0.2) is 6.10 Å². The topological polar surface area (TPSA) is 187 Å². The van der Waals surface area contributed by atoms with Crippen molar-refractivity contribution in [1.82, 2.24) is 10.6 Å². The van der Waals surface area contributed by atoms with Crippen molar-refractivity contribution in [2.75, 3.05) is 33.3 Å². The summed E-state index contributed by atoms with van der Waals surface area (Å²) in [5.41, 5.74) is 5.85. The summed E-state index contributed by atoms with van der Waals surface area (Å²) in [7, 11) is 2.80. The van der Waals surface area contributed by atoms with E-state index in [0.717, 1.165) is 6.08 Å². The van der Waals surface area contributed by atoms with E-state index in [1.807, 2.05) is 0 Å². The summed E-state index contributed by atoms with van der Waals surface area (Å²) in [4.78, 5) is 51.3. The van der Waals surface area contributed by atoms with Crippen molar-refractivity contribution >= 4 is 57.8 Å². The third-order valence-corrected chi connectivity index (χ3v) is 8.10. The number of ketones is 2. The molecule has 0 aromatic heterocycles. The first-order valence-corrected chi connectivity index (χ1v) is 15.3. The summed E-state index contributed by atoms with van der Waals surface area (Å²) in [6.07, 6.45) is 2.45. The molecule has 1 aliphatic heterocycles. The highest BCUT2D eigenvalue weighted by molar-refractivity contribution is 14.1. The second kappa shape index (κ2) is 17.7. The van der Waals surface area contributed by atoms with Crippen LogP contribution < -0.4 is 16.4 Å². The Morgan fingerprint density at radius 1 is 1.26 bits per heavy atom. The molecule has 0 spiro atoms. The molecule has 0 unspecified atom stereocenters. The van der Waals surface area contributed by atoms with Crippen LogP contribution in [0.1, 0.15) is 26.7 Å². The monoisotopic (exact) mass is 735 g/mol. The number of ether oxygens (including phenoxy) is 3. The molecule has 2 bridgehead atoms. The average Bonchev–Trinajstić information content (AvgIpc) is 2.96. The standard InChI is InChI=1S/C29H39ClIN3O9/c1-15-6-5-7-22(41-3)27(43-29(32)40)17(14-35)10-16(2)25(37)23(42-4)12-18(31)11-19-24(33-9-8-30)21(36)13-20(26(19)38)34-28(15)39/h5-7,10,13,16,18,22-23,25,27,33,35,37H,8-9,11-12,14H2,1-4H3,(H2,32,40)(H,34,39)/b7-5-,15-6+,17-10+/t16-,18+,22-,23-,25+,27-/m0/s1. The Kier molecular flexibility index (Phi) is 15.0. The number of methoxy groups -OCH3 is 2. The summed E-state index contributed by atoms with van der Waals surface area (Å²) in [6, 6.07) is 0. The maximum absolute atomic E-state index is 13.5. The molecule has 1 heterocycles. The second-order valence-corrected chi connectivity index (χ2v) is 12.2. The molecule has 0 saturated carbocycles. The zero-order valence-electron chi connectivity index (χ0n) is 24.5. The van der Waals surface area contributed by atoms with Crippen molar-refractivity contribution < 1.29 is 43.6 Å². The quantitative estimate of drug-likeness (QED) is 0.112. The van der Waals surface area contributed by atoms with E-state index in [2.05, 4.69) is 33.2 Å². The molecule has 43 heavy (non-hydrogen) atoms. The average molecular weight is 736 g/mol. The molecule has 238 valence electrons. The minimum absolute atomic E-state index is 0.107. The van der Waals surface area contributed by atoms with E-state index in [1.165, 1.54) is 39.4 Å². The lowest BCUT2D eigenvalue weighted by atomic mass is 9.89. The van der Waals surface area contributed by atoms with Crippen LogP contribution in [0.25, 0.3) is 0 Å². The predicted molar refractivity (Wildman–Crippen MR) is 168 cm³/mol. The van der Waals surface area contributed by atoms with Crippen molar-refractivity contribution in [1.29, 1.82) is 0 Å². The van der Waals surface area contributed by atoms with Crippen LogP contribution >= 0.6 is 34.2 Å². The van der Waals surface area contributed by atoms with E-state index in [1.54, 1.807) is 13.0 Å². The largest absolute Gasteiger partial charge is 0.439 e. The van der Waals surface area contributed by atoms with E-state index < -0.39 is 60.5 Å². The van der Waals surface area contributed by atoms with Crippen molar-refractivity contribution in [2.45, 2.75) is 55.0 Å². The molecule has 0 aromatic carbocycles. The van der Waals surface area contributed by atoms with Gasteiger partial charge in [-0.25, -0.2) is 4.79 Å². The molecule has 0 radical (unpaired) electrons. The van der Waals surface area contributed by atoms with E-state index in [-0.39, 0.29) is 57.3 Å². The number of aliphatic hydroxyl groups is 2. The first kappa shape index (κ1) is 36.6. The van der Waals surface area contributed by atoms with E-state index in [9.17, 15) is 29.4 Å². The Morgan fingerprint density at radius 2 is 1.95 bits per heavy atom. The highest BCUT2D eigenvalue weighted by atomic mass is 127. The number of nitrogens with two attached hydrogens (primary N) is 1. The summed E-state index contributed by atoms with van der Waals surface area (Å²) >= 11 is 7.94. The van der Waals surface area contributed by atoms with Crippen LogP contribution in [0.15, 0.2) is 58.5 Å². The summed E-state index contributed by atoms with van der Waals surface area (Å²) in [6.45, 7) is 2.92. The first-order chi connectivity index (χ1) is 20.4. The summed E-state index contributed by atoms with van der Waals surface area (Å²) in [5, 5.41) is 26.9. The minimum Gasteiger partial charge on any atom is -0.439 e. The maximum Gasteiger partial charge on any atom is 0.405 e. The molecule has 0 saturated heterocycles. The second-order valence-electron chi connectivity index (χ2n) is 10.0. The number of alkyl halides is 2. The molecular formula is C29H39ClIN3O9. The fourth-order valence-electron chi connectivity index (χ4n) is 4.68. The van der Waals surface area contributed by atoms with Gasteiger partial charge in [0.1, 0.15) is 6.10 Å². The molecule has 2 aliphatic rings. The Labute approximate surface area is 269 Å². The smallest absolute Gasteiger partial charge is 0.405 e. The SMILES string of the molecule is CO[C@H]1/C=C\C=C(/C)C(=O)NC2=CC(=O)C(NCCCl)=C(C[C@@H](I)C[C@H](OC)[C@H](O)[C@@H](C)/C=C(\CO)[C@@H]1OC(N)=O)C2=O. The lowest BCUT2D eigenvalue weighted by Gasteiger charge is -2.30. The number of carbonyl (C=O) groups is 4. The number of Topliss-reactive ketones (excluding diaryl/α,β-unsaturated/α-hetero) is 1. The normalized spacial score (nSPS) is 31.3. The summed E-state index contributed by atoms with van der Waals surface area (Å²) in [5.74, 6) is -2.02. The van der Waals surface area contributed by atoms with Gasteiger partial charge in [0.2, 0.25) is 11.6 Å². The minimum atomic E-state index is -1.15. The molecule has 12 nitrogen and oxygen atoms in total. The molecule has 6 atom stereocenters.